The molecule has 1 aliphatic carbocycles. The number of aryl methyl sites for hydroxylation is 2. The molecule has 0 unspecified atom stereocenters. The van der Waals surface area contributed by atoms with Gasteiger partial charge < -0.3 is 0 Å². The molecule has 1 saturated heterocycles. The number of nitrogens with zero attached hydrogens (tertiary/aromatic N) is 5. The quantitative estimate of drug-likeness (QED) is 0.763. The lowest BCUT2D eigenvalue weighted by Gasteiger charge is -2.26. The van der Waals surface area contributed by atoms with Crippen molar-refractivity contribution in [1.29, 1.82) is 0 Å². The average Bonchev–Trinajstić information content (AvgIpc) is 3.18. The Morgan fingerprint density at radius 3 is 2.67 bits per heavy atom. The van der Waals surface area contributed by atoms with Crippen LogP contribution >= 0.6 is 0 Å². The molecule has 0 bridgehead atoms. The normalized spacial score (nSPS) is 17.3. The standard InChI is InChI=1S/C20H23N5O2/c1-14-9-15(2)11-17(10-14)20-21-13-23(22-20)7-5-18(26)24-8-6-19(27)25(24)12-16-3-4-16/h5,7,9-11,13,16H,3-4,6,8,12H2,1-2H3/b7-5-. The summed E-state index contributed by atoms with van der Waals surface area (Å²) in [5.41, 5.74) is 3.26. The van der Waals surface area contributed by atoms with Gasteiger partial charge in [-0.15, -0.1) is 5.10 Å². The van der Waals surface area contributed by atoms with Crippen LogP contribution in [0.3, 0.4) is 0 Å². The van der Waals surface area contributed by atoms with E-state index in [9.17, 15) is 9.59 Å². The first-order valence-electron chi connectivity index (χ1n) is 9.29. The van der Waals surface area contributed by atoms with Crippen LogP contribution in [0.2, 0.25) is 0 Å². The summed E-state index contributed by atoms with van der Waals surface area (Å²) < 4.78 is 1.52. The number of carbonyl (C=O) groups is 2. The third kappa shape index (κ3) is 3.92. The summed E-state index contributed by atoms with van der Waals surface area (Å²) in [7, 11) is 0. The van der Waals surface area contributed by atoms with Crippen LogP contribution in [0.15, 0.2) is 30.6 Å². The first-order chi connectivity index (χ1) is 13.0. The van der Waals surface area contributed by atoms with Crippen LogP contribution < -0.4 is 0 Å². The second-order valence-corrected chi connectivity index (χ2v) is 7.37. The van der Waals surface area contributed by atoms with Crippen molar-refractivity contribution < 1.29 is 9.59 Å². The molecular formula is C20H23N5O2. The Bertz CT molecular complexity index is 893. The molecule has 4 rings (SSSR count). The molecule has 2 aromatic rings. The van der Waals surface area contributed by atoms with Gasteiger partial charge in [-0.1, -0.05) is 17.2 Å². The lowest BCUT2D eigenvalue weighted by Crippen LogP contribution is -2.43. The molecule has 1 aliphatic heterocycles. The van der Waals surface area contributed by atoms with Gasteiger partial charge in [0, 0.05) is 30.8 Å². The molecule has 1 aromatic heterocycles. The average molecular weight is 365 g/mol. The number of hydrogen-bond acceptors (Lipinski definition) is 4. The highest BCUT2D eigenvalue weighted by atomic mass is 16.2. The smallest absolute Gasteiger partial charge is 0.266 e. The van der Waals surface area contributed by atoms with Crippen molar-refractivity contribution >= 4 is 18.0 Å². The first kappa shape index (κ1) is 17.5. The van der Waals surface area contributed by atoms with E-state index in [0.717, 1.165) is 29.5 Å². The van der Waals surface area contributed by atoms with Crippen LogP contribution in [0.5, 0.6) is 0 Å². The largest absolute Gasteiger partial charge is 0.273 e. The van der Waals surface area contributed by atoms with Gasteiger partial charge in [0.2, 0.25) is 5.91 Å². The highest BCUT2D eigenvalue weighted by Crippen LogP contribution is 2.31. The molecule has 27 heavy (non-hydrogen) atoms. The Hall–Kier alpha value is -2.96. The lowest BCUT2D eigenvalue weighted by molar-refractivity contribution is -0.151. The van der Waals surface area contributed by atoms with Crippen molar-refractivity contribution in [1.82, 2.24) is 24.8 Å². The second kappa shape index (κ2) is 6.98. The van der Waals surface area contributed by atoms with E-state index >= 15 is 0 Å². The minimum absolute atomic E-state index is 0.0292. The third-order valence-corrected chi connectivity index (χ3v) is 4.86. The number of carbonyl (C=O) groups excluding carboxylic acids is 2. The van der Waals surface area contributed by atoms with Crippen LogP contribution in [0.1, 0.15) is 30.4 Å². The molecule has 0 atom stereocenters. The van der Waals surface area contributed by atoms with Gasteiger partial charge >= 0.3 is 0 Å². The molecule has 2 fully saturated rings. The zero-order chi connectivity index (χ0) is 19.0. The van der Waals surface area contributed by atoms with E-state index in [2.05, 4.69) is 16.1 Å². The van der Waals surface area contributed by atoms with Crippen LogP contribution in [0.4, 0.5) is 0 Å². The van der Waals surface area contributed by atoms with E-state index in [1.54, 1.807) is 22.5 Å². The van der Waals surface area contributed by atoms with Gasteiger partial charge in [-0.05, 0) is 44.7 Å². The number of hydrazine groups is 1. The Morgan fingerprint density at radius 1 is 1.22 bits per heavy atom. The van der Waals surface area contributed by atoms with Crippen LogP contribution in [-0.4, -0.2) is 49.7 Å². The number of rotatable bonds is 5. The van der Waals surface area contributed by atoms with Crippen molar-refractivity contribution in [3.8, 4) is 11.4 Å². The highest BCUT2D eigenvalue weighted by Gasteiger charge is 2.35. The Morgan fingerprint density at radius 2 is 1.96 bits per heavy atom. The van der Waals surface area contributed by atoms with Gasteiger partial charge in [0.05, 0.1) is 6.54 Å². The molecular weight excluding hydrogens is 342 g/mol. The first-order valence-corrected chi connectivity index (χ1v) is 9.29. The predicted octanol–water partition coefficient (Wildman–Crippen LogP) is 2.42. The lowest BCUT2D eigenvalue weighted by atomic mass is 10.1. The highest BCUT2D eigenvalue weighted by molar-refractivity contribution is 5.93. The molecule has 2 amide bonds. The molecule has 2 aliphatic rings. The third-order valence-electron chi connectivity index (χ3n) is 4.86. The number of hydrogen-bond donors (Lipinski definition) is 0. The number of benzene rings is 1. The zero-order valence-electron chi connectivity index (χ0n) is 15.6. The summed E-state index contributed by atoms with van der Waals surface area (Å²) >= 11 is 0. The van der Waals surface area contributed by atoms with E-state index in [1.807, 2.05) is 26.0 Å². The van der Waals surface area contributed by atoms with Gasteiger partial charge in [-0.3, -0.25) is 14.6 Å². The molecule has 0 spiro atoms. The molecule has 1 saturated carbocycles. The van der Waals surface area contributed by atoms with E-state index in [1.165, 1.54) is 10.8 Å². The molecule has 7 nitrogen and oxygen atoms in total. The molecule has 0 N–H and O–H groups in total. The van der Waals surface area contributed by atoms with E-state index in [-0.39, 0.29) is 11.8 Å². The van der Waals surface area contributed by atoms with Gasteiger partial charge in [-0.2, -0.15) is 0 Å². The number of amides is 2. The minimum Gasteiger partial charge on any atom is -0.273 e. The summed E-state index contributed by atoms with van der Waals surface area (Å²) in [5, 5.41) is 7.57. The Labute approximate surface area is 158 Å². The minimum atomic E-state index is -0.204. The summed E-state index contributed by atoms with van der Waals surface area (Å²) in [6.45, 7) is 5.17. The maximum atomic E-state index is 12.5. The van der Waals surface area contributed by atoms with Gasteiger partial charge in [0.1, 0.15) is 6.33 Å². The van der Waals surface area contributed by atoms with E-state index in [0.29, 0.717) is 31.3 Å². The predicted molar refractivity (Wildman–Crippen MR) is 101 cm³/mol. The van der Waals surface area contributed by atoms with Crippen molar-refractivity contribution in [3.05, 3.63) is 41.7 Å². The molecule has 2 heterocycles. The Kier molecular flexibility index (Phi) is 4.51. The van der Waals surface area contributed by atoms with Crippen LogP contribution in [-0.2, 0) is 9.59 Å². The summed E-state index contributed by atoms with van der Waals surface area (Å²) in [6, 6.07) is 6.17. The van der Waals surface area contributed by atoms with Crippen molar-refractivity contribution in [2.75, 3.05) is 13.1 Å². The monoisotopic (exact) mass is 365 g/mol. The molecule has 1 aromatic carbocycles. The van der Waals surface area contributed by atoms with E-state index < -0.39 is 0 Å². The van der Waals surface area contributed by atoms with Gasteiger partial charge in [-0.25, -0.2) is 14.7 Å². The van der Waals surface area contributed by atoms with Crippen LogP contribution in [0, 0.1) is 19.8 Å². The van der Waals surface area contributed by atoms with E-state index in [4.69, 9.17) is 0 Å². The topological polar surface area (TPSA) is 71.3 Å². The van der Waals surface area contributed by atoms with Crippen LogP contribution in [0.25, 0.3) is 17.6 Å². The maximum Gasteiger partial charge on any atom is 0.266 e. The fourth-order valence-electron chi connectivity index (χ4n) is 3.37. The van der Waals surface area contributed by atoms with Crippen molar-refractivity contribution in [2.45, 2.75) is 33.1 Å². The molecule has 0 radical (unpaired) electrons. The second-order valence-electron chi connectivity index (χ2n) is 7.37. The fourth-order valence-corrected chi connectivity index (χ4v) is 3.37. The zero-order valence-corrected chi connectivity index (χ0v) is 15.6. The van der Waals surface area contributed by atoms with Gasteiger partial charge in [0.15, 0.2) is 5.82 Å². The summed E-state index contributed by atoms with van der Waals surface area (Å²) in [6.07, 6.45) is 7.28. The van der Waals surface area contributed by atoms with Crippen molar-refractivity contribution in [2.24, 2.45) is 5.92 Å². The summed E-state index contributed by atoms with van der Waals surface area (Å²) in [5.74, 6) is 0.985. The SMILES string of the molecule is Cc1cc(C)cc(-c2ncn(/C=C\C(=O)N3CCC(=O)N3CC3CC3)n2)c1. The number of aromatic nitrogens is 3. The molecule has 140 valence electrons. The summed E-state index contributed by atoms with van der Waals surface area (Å²) in [4.78, 5) is 28.9. The fraction of sp³-hybridized carbons (Fsp3) is 0.400. The Balaban J connectivity index is 1.45. The van der Waals surface area contributed by atoms with Crippen molar-refractivity contribution in [3.63, 3.8) is 0 Å². The maximum absolute atomic E-state index is 12.5. The van der Waals surface area contributed by atoms with Gasteiger partial charge in [0.25, 0.3) is 5.91 Å². The molecule has 7 heteroatoms.